The number of ether oxygens (including phenoxy) is 1. The Morgan fingerprint density at radius 1 is 0.865 bits per heavy atom. The number of hydrogen-bond acceptors (Lipinski definition) is 7. The van der Waals surface area contributed by atoms with Crippen LogP contribution < -0.4 is 4.74 Å². The lowest BCUT2D eigenvalue weighted by Gasteiger charge is -2.04. The van der Waals surface area contributed by atoms with E-state index in [0.717, 1.165) is 44.8 Å². The molecule has 0 aliphatic heterocycles. The van der Waals surface area contributed by atoms with E-state index in [9.17, 15) is 9.59 Å². The summed E-state index contributed by atoms with van der Waals surface area (Å²) in [5, 5.41) is 9.67. The van der Waals surface area contributed by atoms with Crippen LogP contribution in [0.3, 0.4) is 0 Å². The number of Topliss-reactive ketones (excluding diaryl/α,β-unsaturated/α-hetero) is 2. The molecular weight excluding hydrogens is 502 g/mol. The number of phenols is 1. The van der Waals surface area contributed by atoms with Crippen LogP contribution in [0.4, 0.5) is 0 Å². The Labute approximate surface area is 226 Å². The van der Waals surface area contributed by atoms with Gasteiger partial charge in [-0.25, -0.2) is 4.98 Å². The molecule has 0 unspecified atom stereocenters. The van der Waals surface area contributed by atoms with Crippen LogP contribution in [-0.4, -0.2) is 27.9 Å². The van der Waals surface area contributed by atoms with Crippen LogP contribution in [0.15, 0.2) is 71.6 Å². The summed E-state index contributed by atoms with van der Waals surface area (Å²) in [6.45, 7) is 3.78. The zero-order valence-electron chi connectivity index (χ0n) is 21.5. The lowest BCUT2D eigenvalue weighted by molar-refractivity contribution is -0.119. The standard InChI is InChI=1S/C19H19NO2S2.C11H14O2/c1-3-14(21)10-7-13-8-11-15(12-9-13)22-19-20-18-16(23-2)5-4-6-17(18)24-19;1-2-10(12)6-3-9-4-7-11(13)8-5-9/h4-6,8-9,11-12H,3,7,10H2,1-2H3;4-5,7-8,13H,2-3,6H2,1H3. The van der Waals surface area contributed by atoms with Crippen LogP contribution in [0.5, 0.6) is 16.7 Å². The monoisotopic (exact) mass is 535 g/mol. The molecule has 0 fully saturated rings. The topological polar surface area (TPSA) is 76.5 Å². The van der Waals surface area contributed by atoms with Crippen molar-refractivity contribution >= 4 is 44.9 Å². The Morgan fingerprint density at radius 3 is 1.97 bits per heavy atom. The van der Waals surface area contributed by atoms with E-state index in [1.165, 1.54) is 0 Å². The van der Waals surface area contributed by atoms with Gasteiger partial charge in [-0.1, -0.05) is 55.5 Å². The molecule has 37 heavy (non-hydrogen) atoms. The number of ketones is 2. The van der Waals surface area contributed by atoms with Gasteiger partial charge in [0.2, 0.25) is 0 Å². The second-order valence-corrected chi connectivity index (χ2v) is 10.3. The molecule has 0 aliphatic carbocycles. The molecule has 0 spiro atoms. The predicted molar refractivity (Wildman–Crippen MR) is 153 cm³/mol. The third-order valence-electron chi connectivity index (χ3n) is 5.82. The number of nitrogens with zero attached hydrogens (tertiary/aromatic N) is 1. The fraction of sp³-hybridized carbons (Fsp3) is 0.300. The number of para-hydroxylation sites is 1. The molecule has 1 N–H and O–H groups in total. The number of hydrogen-bond donors (Lipinski definition) is 1. The maximum Gasteiger partial charge on any atom is 0.279 e. The highest BCUT2D eigenvalue weighted by Crippen LogP contribution is 2.35. The summed E-state index contributed by atoms with van der Waals surface area (Å²) < 4.78 is 7.03. The number of fused-ring (bicyclic) bond motifs is 1. The lowest BCUT2D eigenvalue weighted by Crippen LogP contribution is -1.97. The molecule has 5 nitrogen and oxygen atoms in total. The van der Waals surface area contributed by atoms with Gasteiger partial charge in [0.15, 0.2) is 0 Å². The minimum Gasteiger partial charge on any atom is -0.508 e. The van der Waals surface area contributed by atoms with Crippen molar-refractivity contribution in [1.29, 1.82) is 0 Å². The van der Waals surface area contributed by atoms with Gasteiger partial charge < -0.3 is 9.84 Å². The number of thioether (sulfide) groups is 1. The summed E-state index contributed by atoms with van der Waals surface area (Å²) in [5.41, 5.74) is 3.25. The van der Waals surface area contributed by atoms with E-state index in [0.29, 0.717) is 36.7 Å². The predicted octanol–water partition coefficient (Wildman–Crippen LogP) is 8.03. The van der Waals surface area contributed by atoms with Crippen molar-refractivity contribution in [2.24, 2.45) is 0 Å². The van der Waals surface area contributed by atoms with Gasteiger partial charge in [-0.05, 0) is 66.6 Å². The number of thiazole rings is 1. The van der Waals surface area contributed by atoms with E-state index in [2.05, 4.69) is 23.4 Å². The number of phenolic OH excluding ortho intramolecular Hbond substituents is 1. The van der Waals surface area contributed by atoms with E-state index in [1.54, 1.807) is 35.2 Å². The lowest BCUT2D eigenvalue weighted by atomic mass is 10.1. The van der Waals surface area contributed by atoms with E-state index in [4.69, 9.17) is 9.84 Å². The van der Waals surface area contributed by atoms with Crippen molar-refractivity contribution in [1.82, 2.24) is 4.98 Å². The minimum absolute atomic E-state index is 0.269. The Balaban J connectivity index is 0.000000248. The zero-order chi connectivity index (χ0) is 26.6. The number of aryl methyl sites for hydroxylation is 2. The number of benzene rings is 3. The van der Waals surface area contributed by atoms with Crippen LogP contribution in [-0.2, 0) is 22.4 Å². The average molecular weight is 536 g/mol. The van der Waals surface area contributed by atoms with Gasteiger partial charge in [0.1, 0.15) is 23.1 Å². The smallest absolute Gasteiger partial charge is 0.279 e. The summed E-state index contributed by atoms with van der Waals surface area (Å²) in [5.74, 6) is 1.62. The molecule has 0 bridgehead atoms. The molecule has 4 rings (SSSR count). The number of carbonyl (C=O) groups is 2. The fourth-order valence-electron chi connectivity index (χ4n) is 3.52. The highest BCUT2D eigenvalue weighted by atomic mass is 32.2. The molecule has 0 saturated carbocycles. The van der Waals surface area contributed by atoms with Crippen LogP contribution in [0, 0.1) is 0 Å². The van der Waals surface area contributed by atoms with Gasteiger partial charge in [-0.3, -0.25) is 9.59 Å². The number of carbonyl (C=O) groups excluding carboxylic acids is 2. The Morgan fingerprint density at radius 2 is 1.43 bits per heavy atom. The molecule has 1 aromatic heterocycles. The van der Waals surface area contributed by atoms with Gasteiger partial charge in [-0.2, -0.15) is 0 Å². The van der Waals surface area contributed by atoms with Crippen LogP contribution >= 0.6 is 23.1 Å². The second kappa shape index (κ2) is 14.5. The first-order chi connectivity index (χ1) is 17.9. The van der Waals surface area contributed by atoms with Crippen molar-refractivity contribution in [3.63, 3.8) is 0 Å². The molecule has 194 valence electrons. The third-order valence-corrected chi connectivity index (χ3v) is 7.49. The molecule has 0 radical (unpaired) electrons. The molecule has 1 heterocycles. The summed E-state index contributed by atoms with van der Waals surface area (Å²) in [6, 6.07) is 21.1. The zero-order valence-corrected chi connectivity index (χ0v) is 23.2. The summed E-state index contributed by atoms with van der Waals surface area (Å²) in [4.78, 5) is 28.2. The molecule has 0 saturated heterocycles. The van der Waals surface area contributed by atoms with E-state index < -0.39 is 0 Å². The van der Waals surface area contributed by atoms with Gasteiger partial charge >= 0.3 is 0 Å². The second-order valence-electron chi connectivity index (χ2n) is 8.48. The normalized spacial score (nSPS) is 10.6. The molecule has 0 atom stereocenters. The molecule has 4 aromatic rings. The SMILES string of the molecule is CCC(=O)CCc1ccc(O)cc1.CCC(=O)CCc1ccc(Oc2nc3c(SC)cccc3s2)cc1. The maximum atomic E-state index is 11.4. The van der Waals surface area contributed by atoms with Gasteiger partial charge in [0.25, 0.3) is 5.19 Å². The Kier molecular flexibility index (Phi) is 11.2. The largest absolute Gasteiger partial charge is 0.508 e. The third kappa shape index (κ3) is 9.02. The summed E-state index contributed by atoms with van der Waals surface area (Å²) >= 11 is 3.24. The van der Waals surface area contributed by atoms with Crippen molar-refractivity contribution in [3.05, 3.63) is 77.9 Å². The quantitative estimate of drug-likeness (QED) is 0.196. The number of aromatic hydroxyl groups is 1. The Hall–Kier alpha value is -3.16. The summed E-state index contributed by atoms with van der Waals surface area (Å²) in [6.07, 6.45) is 6.02. The average Bonchev–Trinajstić information content (AvgIpc) is 3.35. The molecule has 0 aliphatic rings. The van der Waals surface area contributed by atoms with E-state index >= 15 is 0 Å². The highest BCUT2D eigenvalue weighted by Gasteiger charge is 2.09. The molecule has 0 amide bonds. The molecule has 7 heteroatoms. The maximum absolute atomic E-state index is 11.4. The van der Waals surface area contributed by atoms with Crippen molar-refractivity contribution in [2.75, 3.05) is 6.26 Å². The van der Waals surface area contributed by atoms with Crippen molar-refractivity contribution in [3.8, 4) is 16.7 Å². The highest BCUT2D eigenvalue weighted by molar-refractivity contribution is 7.98. The van der Waals surface area contributed by atoms with E-state index in [1.807, 2.05) is 56.3 Å². The first kappa shape index (κ1) is 28.4. The number of aromatic nitrogens is 1. The Bertz CT molecular complexity index is 1300. The van der Waals surface area contributed by atoms with Gasteiger partial charge in [-0.15, -0.1) is 11.8 Å². The summed E-state index contributed by atoms with van der Waals surface area (Å²) in [7, 11) is 0. The van der Waals surface area contributed by atoms with Gasteiger partial charge in [0, 0.05) is 30.6 Å². The van der Waals surface area contributed by atoms with Crippen molar-refractivity contribution in [2.45, 2.75) is 57.3 Å². The van der Waals surface area contributed by atoms with Crippen LogP contribution in [0.1, 0.15) is 50.7 Å². The molecular formula is C30H33NO4S2. The minimum atomic E-state index is 0.269. The van der Waals surface area contributed by atoms with E-state index in [-0.39, 0.29) is 11.5 Å². The molecule has 3 aromatic carbocycles. The first-order valence-electron chi connectivity index (χ1n) is 12.4. The van der Waals surface area contributed by atoms with Crippen molar-refractivity contribution < 1.29 is 19.4 Å². The van der Waals surface area contributed by atoms with Crippen LogP contribution in [0.2, 0.25) is 0 Å². The fourth-order valence-corrected chi connectivity index (χ4v) is 5.01. The number of rotatable bonds is 11. The van der Waals surface area contributed by atoms with Gasteiger partial charge in [0.05, 0.1) is 10.2 Å². The first-order valence-corrected chi connectivity index (χ1v) is 14.5. The van der Waals surface area contributed by atoms with Crippen LogP contribution in [0.25, 0.3) is 10.2 Å².